The molecule has 2 rings (SSSR count). The maximum absolute atomic E-state index is 11.4. The van der Waals surface area contributed by atoms with Gasteiger partial charge in [0.2, 0.25) is 10.0 Å². The minimum absolute atomic E-state index is 0.339. The highest BCUT2D eigenvalue weighted by atomic mass is 32.2. The smallest absolute Gasteiger partial charge is 0.209 e. The van der Waals surface area contributed by atoms with Crippen molar-refractivity contribution in [2.75, 3.05) is 32.5 Å². The number of benzene rings is 1. The van der Waals surface area contributed by atoms with E-state index in [2.05, 4.69) is 32.5 Å². The first kappa shape index (κ1) is 20.5. The Morgan fingerprint density at radius 1 is 1.31 bits per heavy atom. The van der Waals surface area contributed by atoms with Crippen LogP contribution in [0.2, 0.25) is 0 Å². The maximum atomic E-state index is 11.4. The molecule has 26 heavy (non-hydrogen) atoms. The van der Waals surface area contributed by atoms with Gasteiger partial charge in [-0.3, -0.25) is 4.99 Å². The van der Waals surface area contributed by atoms with E-state index in [-0.39, 0.29) is 0 Å². The van der Waals surface area contributed by atoms with E-state index in [0.717, 1.165) is 44.5 Å². The van der Waals surface area contributed by atoms with E-state index in [1.807, 2.05) is 26.8 Å². The van der Waals surface area contributed by atoms with E-state index in [0.29, 0.717) is 12.5 Å². The average molecular weight is 383 g/mol. The van der Waals surface area contributed by atoms with Crippen LogP contribution in [0.3, 0.4) is 0 Å². The molecule has 0 saturated carbocycles. The number of fused-ring (bicyclic) bond motifs is 1. The van der Waals surface area contributed by atoms with Crippen molar-refractivity contribution in [2.24, 2.45) is 4.99 Å². The Balaban J connectivity index is 1.89. The van der Waals surface area contributed by atoms with Crippen molar-refractivity contribution < 1.29 is 13.2 Å². The summed E-state index contributed by atoms with van der Waals surface area (Å²) in [6.45, 7) is 8.21. The van der Waals surface area contributed by atoms with Gasteiger partial charge in [-0.15, -0.1) is 0 Å². The Morgan fingerprint density at radius 2 is 2.08 bits per heavy atom. The van der Waals surface area contributed by atoms with E-state index in [1.165, 1.54) is 11.1 Å². The summed E-state index contributed by atoms with van der Waals surface area (Å²) in [5, 5.41) is 6.49. The summed E-state index contributed by atoms with van der Waals surface area (Å²) in [4.78, 5) is 4.51. The van der Waals surface area contributed by atoms with Crippen LogP contribution >= 0.6 is 0 Å². The quantitative estimate of drug-likeness (QED) is 0.462. The van der Waals surface area contributed by atoms with Crippen molar-refractivity contribution in [1.82, 2.24) is 15.4 Å². The van der Waals surface area contributed by atoms with E-state index < -0.39 is 15.6 Å². The summed E-state index contributed by atoms with van der Waals surface area (Å²) < 4.78 is 31.0. The minimum atomic E-state index is -3.27. The molecule has 0 bridgehead atoms. The fraction of sp³-hybridized carbons (Fsp3) is 0.611. The fourth-order valence-electron chi connectivity index (χ4n) is 2.87. The second-order valence-electron chi connectivity index (χ2n) is 7.17. The lowest BCUT2D eigenvalue weighted by Crippen LogP contribution is -2.47. The SMILES string of the molecule is CCNC(=NCC(C)(C)NS(C)(=O)=O)NCCc1ccc2c(c1)CCO2. The molecule has 0 atom stereocenters. The predicted molar refractivity (Wildman–Crippen MR) is 105 cm³/mol. The molecule has 0 fully saturated rings. The molecule has 0 unspecified atom stereocenters. The van der Waals surface area contributed by atoms with Crippen LogP contribution in [0.15, 0.2) is 23.2 Å². The van der Waals surface area contributed by atoms with Gasteiger partial charge in [-0.1, -0.05) is 12.1 Å². The summed E-state index contributed by atoms with van der Waals surface area (Å²) in [5.41, 5.74) is 1.89. The van der Waals surface area contributed by atoms with E-state index in [4.69, 9.17) is 4.74 Å². The first-order valence-corrected chi connectivity index (χ1v) is 10.8. The molecule has 0 aliphatic carbocycles. The monoisotopic (exact) mass is 382 g/mol. The van der Waals surface area contributed by atoms with Crippen molar-refractivity contribution in [2.45, 2.75) is 39.2 Å². The Morgan fingerprint density at radius 3 is 2.77 bits per heavy atom. The molecular formula is C18H30N4O3S. The zero-order valence-corrected chi connectivity index (χ0v) is 16.9. The Bertz CT molecular complexity index is 745. The fourth-order valence-corrected chi connectivity index (χ4v) is 3.94. The molecule has 1 aliphatic rings. The largest absolute Gasteiger partial charge is 0.493 e. The van der Waals surface area contributed by atoms with E-state index >= 15 is 0 Å². The van der Waals surface area contributed by atoms with Gasteiger partial charge < -0.3 is 15.4 Å². The molecule has 1 heterocycles. The third-order valence-electron chi connectivity index (χ3n) is 3.90. The second kappa shape index (κ2) is 8.73. The number of sulfonamides is 1. The molecule has 1 aromatic carbocycles. The van der Waals surface area contributed by atoms with Crippen LogP contribution in [-0.4, -0.2) is 52.4 Å². The molecule has 0 spiro atoms. The van der Waals surface area contributed by atoms with Gasteiger partial charge in [-0.2, -0.15) is 0 Å². The average Bonchev–Trinajstić information content (AvgIpc) is 2.98. The molecule has 1 aliphatic heterocycles. The molecule has 0 saturated heterocycles. The number of guanidine groups is 1. The number of hydrogen-bond donors (Lipinski definition) is 3. The van der Waals surface area contributed by atoms with Crippen molar-refractivity contribution in [1.29, 1.82) is 0 Å². The summed E-state index contributed by atoms with van der Waals surface area (Å²) in [7, 11) is -3.27. The highest BCUT2D eigenvalue weighted by Crippen LogP contribution is 2.25. The van der Waals surface area contributed by atoms with E-state index in [1.54, 1.807) is 0 Å². The highest BCUT2D eigenvalue weighted by molar-refractivity contribution is 7.88. The molecule has 146 valence electrons. The first-order valence-electron chi connectivity index (χ1n) is 8.94. The lowest BCUT2D eigenvalue weighted by molar-refractivity contribution is 0.357. The van der Waals surface area contributed by atoms with Gasteiger partial charge in [0.1, 0.15) is 5.75 Å². The number of rotatable bonds is 8. The van der Waals surface area contributed by atoms with Gasteiger partial charge in [-0.25, -0.2) is 13.1 Å². The van der Waals surface area contributed by atoms with Crippen molar-refractivity contribution in [3.63, 3.8) is 0 Å². The van der Waals surface area contributed by atoms with Crippen LogP contribution in [0.5, 0.6) is 5.75 Å². The van der Waals surface area contributed by atoms with Crippen molar-refractivity contribution in [3.05, 3.63) is 29.3 Å². The van der Waals surface area contributed by atoms with Gasteiger partial charge >= 0.3 is 0 Å². The molecule has 1 aromatic rings. The van der Waals surface area contributed by atoms with Gasteiger partial charge in [0, 0.05) is 25.0 Å². The molecule has 7 nitrogen and oxygen atoms in total. The molecule has 0 aromatic heterocycles. The number of hydrogen-bond acceptors (Lipinski definition) is 4. The number of nitrogens with zero attached hydrogens (tertiary/aromatic N) is 1. The zero-order valence-electron chi connectivity index (χ0n) is 16.1. The van der Waals surface area contributed by atoms with Crippen LogP contribution in [0, 0.1) is 0 Å². The number of ether oxygens (including phenoxy) is 1. The molecule has 8 heteroatoms. The Kier molecular flexibility index (Phi) is 6.88. The lowest BCUT2D eigenvalue weighted by atomic mass is 10.1. The first-order chi connectivity index (χ1) is 12.2. The van der Waals surface area contributed by atoms with Gasteiger partial charge in [0.25, 0.3) is 0 Å². The third kappa shape index (κ3) is 6.84. The van der Waals surface area contributed by atoms with Crippen molar-refractivity contribution >= 4 is 16.0 Å². The standard InChI is InChI=1S/C18H30N4O3S/c1-5-19-17(21-13-18(2,3)22-26(4,23)24)20-10-8-14-6-7-16-15(12-14)9-11-25-16/h6-7,12,22H,5,8-11,13H2,1-4H3,(H2,19,20,21). The van der Waals surface area contributed by atoms with Gasteiger partial charge in [-0.05, 0) is 44.4 Å². The third-order valence-corrected chi connectivity index (χ3v) is 4.82. The number of nitrogens with one attached hydrogen (secondary N) is 3. The molecule has 3 N–H and O–H groups in total. The zero-order chi connectivity index (χ0) is 19.2. The van der Waals surface area contributed by atoms with Crippen molar-refractivity contribution in [3.8, 4) is 5.75 Å². The lowest BCUT2D eigenvalue weighted by Gasteiger charge is -2.23. The second-order valence-corrected chi connectivity index (χ2v) is 8.92. The highest BCUT2D eigenvalue weighted by Gasteiger charge is 2.21. The molecule has 0 amide bonds. The maximum Gasteiger partial charge on any atom is 0.209 e. The normalized spacial score (nSPS) is 14.7. The molecular weight excluding hydrogens is 352 g/mol. The topological polar surface area (TPSA) is 91.8 Å². The predicted octanol–water partition coefficient (Wildman–Crippen LogP) is 1.05. The van der Waals surface area contributed by atoms with Gasteiger partial charge in [0.15, 0.2) is 5.96 Å². The summed E-state index contributed by atoms with van der Waals surface area (Å²) >= 11 is 0. The Labute approximate surface area is 156 Å². The summed E-state index contributed by atoms with van der Waals surface area (Å²) in [5.74, 6) is 1.68. The van der Waals surface area contributed by atoms with Crippen LogP contribution in [-0.2, 0) is 22.9 Å². The summed E-state index contributed by atoms with van der Waals surface area (Å²) in [6.07, 6.45) is 3.01. The van der Waals surface area contributed by atoms with E-state index in [9.17, 15) is 8.42 Å². The van der Waals surface area contributed by atoms with Crippen LogP contribution in [0.25, 0.3) is 0 Å². The van der Waals surface area contributed by atoms with Crippen LogP contribution in [0.1, 0.15) is 31.9 Å². The minimum Gasteiger partial charge on any atom is -0.493 e. The molecule has 0 radical (unpaired) electrons. The van der Waals surface area contributed by atoms with Crippen LogP contribution < -0.4 is 20.1 Å². The van der Waals surface area contributed by atoms with Gasteiger partial charge in [0.05, 0.1) is 19.4 Å². The van der Waals surface area contributed by atoms with Crippen LogP contribution in [0.4, 0.5) is 0 Å². The number of aliphatic imine (C=N–C) groups is 1. The Hall–Kier alpha value is -1.80. The summed E-state index contributed by atoms with van der Waals surface area (Å²) in [6, 6.07) is 6.33.